The molecule has 0 unspecified atom stereocenters. The van der Waals surface area contributed by atoms with Gasteiger partial charge in [-0.25, -0.2) is 9.97 Å². The Balaban J connectivity index is 1.38. The second-order valence-electron chi connectivity index (χ2n) is 8.14. The number of halogens is 5. The number of pyridine rings is 1. The molecule has 0 spiro atoms. The smallest absolute Gasteiger partial charge is 0.355 e. The average molecular weight is 488 g/mol. The predicted molar refractivity (Wildman–Crippen MR) is 115 cm³/mol. The average Bonchev–Trinajstić information content (AvgIpc) is 2.76. The highest BCUT2D eigenvalue weighted by atomic mass is 35.5. The first kappa shape index (κ1) is 23.0. The van der Waals surface area contributed by atoms with Gasteiger partial charge in [0.1, 0.15) is 11.0 Å². The van der Waals surface area contributed by atoms with Gasteiger partial charge in [-0.1, -0.05) is 23.2 Å². The maximum absolute atomic E-state index is 13.2. The molecule has 2 saturated heterocycles. The Hall–Kier alpha value is -2.13. The molecular weight excluding hydrogens is 466 g/mol. The van der Waals surface area contributed by atoms with Gasteiger partial charge in [-0.3, -0.25) is 9.78 Å². The van der Waals surface area contributed by atoms with Crippen LogP contribution in [0.5, 0.6) is 0 Å². The van der Waals surface area contributed by atoms with Gasteiger partial charge in [-0.05, 0) is 31.7 Å². The summed E-state index contributed by atoms with van der Waals surface area (Å²) in [5.41, 5.74) is -0.559. The Kier molecular flexibility index (Phi) is 6.76. The van der Waals surface area contributed by atoms with Crippen LogP contribution in [0.1, 0.15) is 36.9 Å². The van der Waals surface area contributed by atoms with E-state index in [1.165, 1.54) is 6.20 Å². The Labute approximate surface area is 193 Å². The number of aromatic nitrogens is 3. The van der Waals surface area contributed by atoms with Crippen LogP contribution in [-0.2, 0) is 17.4 Å². The zero-order valence-corrected chi connectivity index (χ0v) is 18.7. The predicted octanol–water partition coefficient (Wildman–Crippen LogP) is 4.65. The highest BCUT2D eigenvalue weighted by Gasteiger charge is 2.36. The molecule has 4 rings (SSSR count). The lowest BCUT2D eigenvalue weighted by Gasteiger charge is -2.42. The van der Waals surface area contributed by atoms with Gasteiger partial charge in [0.15, 0.2) is 0 Å². The summed E-state index contributed by atoms with van der Waals surface area (Å²) < 4.78 is 38.6. The molecule has 2 fully saturated rings. The maximum atomic E-state index is 13.2. The van der Waals surface area contributed by atoms with Crippen molar-refractivity contribution in [1.29, 1.82) is 0 Å². The van der Waals surface area contributed by atoms with Gasteiger partial charge < -0.3 is 9.80 Å². The van der Waals surface area contributed by atoms with Crippen LogP contribution in [0.2, 0.25) is 10.2 Å². The number of alkyl halides is 3. The van der Waals surface area contributed by atoms with Crippen molar-refractivity contribution in [3.8, 4) is 0 Å². The molecule has 2 aliphatic heterocycles. The van der Waals surface area contributed by atoms with Crippen molar-refractivity contribution in [2.45, 2.75) is 44.3 Å². The van der Waals surface area contributed by atoms with E-state index < -0.39 is 11.7 Å². The van der Waals surface area contributed by atoms with Crippen LogP contribution >= 0.6 is 23.2 Å². The van der Waals surface area contributed by atoms with Gasteiger partial charge in [0.2, 0.25) is 5.91 Å². The molecule has 0 bridgehead atoms. The fourth-order valence-electron chi connectivity index (χ4n) is 4.41. The van der Waals surface area contributed by atoms with Crippen LogP contribution in [0.25, 0.3) is 0 Å². The SMILES string of the molecule is O=C1[C@@H](Cc2ncc(C(F)(F)F)cc2Cl)CCCN1C1CCN(c2cnc(Cl)cn2)CC1. The van der Waals surface area contributed by atoms with Gasteiger partial charge in [-0.2, -0.15) is 13.2 Å². The Morgan fingerprint density at radius 3 is 2.38 bits per heavy atom. The quantitative estimate of drug-likeness (QED) is 0.628. The van der Waals surface area contributed by atoms with Gasteiger partial charge in [0.25, 0.3) is 0 Å². The van der Waals surface area contributed by atoms with Crippen LogP contribution < -0.4 is 4.90 Å². The molecule has 1 atom stereocenters. The molecular formula is C21H22Cl2F3N5O. The van der Waals surface area contributed by atoms with E-state index in [4.69, 9.17) is 23.2 Å². The van der Waals surface area contributed by atoms with Crippen molar-refractivity contribution < 1.29 is 18.0 Å². The van der Waals surface area contributed by atoms with E-state index in [-0.39, 0.29) is 29.3 Å². The first-order valence-corrected chi connectivity index (χ1v) is 11.2. The van der Waals surface area contributed by atoms with Crippen LogP contribution in [0.15, 0.2) is 24.7 Å². The third kappa shape index (κ3) is 5.09. The largest absolute Gasteiger partial charge is 0.417 e. The number of rotatable bonds is 4. The van der Waals surface area contributed by atoms with Crippen LogP contribution in [0, 0.1) is 5.92 Å². The first-order chi connectivity index (χ1) is 15.2. The van der Waals surface area contributed by atoms with Crippen LogP contribution in [0.4, 0.5) is 19.0 Å². The molecule has 0 aliphatic carbocycles. The molecule has 2 aliphatic rings. The van der Waals surface area contributed by atoms with Crippen molar-refractivity contribution in [3.63, 3.8) is 0 Å². The zero-order chi connectivity index (χ0) is 22.9. The molecule has 6 nitrogen and oxygen atoms in total. The van der Waals surface area contributed by atoms with Crippen molar-refractivity contribution in [3.05, 3.63) is 46.1 Å². The number of hydrogen-bond donors (Lipinski definition) is 0. The summed E-state index contributed by atoms with van der Waals surface area (Å²) in [4.78, 5) is 29.5. The highest BCUT2D eigenvalue weighted by molar-refractivity contribution is 6.31. The van der Waals surface area contributed by atoms with Gasteiger partial charge in [-0.15, -0.1) is 0 Å². The van der Waals surface area contributed by atoms with E-state index in [1.807, 2.05) is 4.90 Å². The maximum Gasteiger partial charge on any atom is 0.417 e. The number of likely N-dealkylation sites (tertiary alicyclic amines) is 1. The summed E-state index contributed by atoms with van der Waals surface area (Å²) in [6.07, 6.45) is 2.81. The minimum Gasteiger partial charge on any atom is -0.355 e. The standard InChI is InChI=1S/C21H22Cl2F3N5O/c22-16-9-14(21(24,25)26)10-27-17(16)8-13-2-1-5-31(20(13)32)15-3-6-30(7-4-15)19-12-28-18(23)11-29-19/h9-13,15H,1-8H2/t13-/m1/s1. The third-order valence-corrected chi connectivity index (χ3v) is 6.63. The van der Waals surface area contributed by atoms with E-state index >= 15 is 0 Å². The molecule has 1 amide bonds. The normalized spacial score (nSPS) is 20.7. The second kappa shape index (κ2) is 9.39. The summed E-state index contributed by atoms with van der Waals surface area (Å²) in [5.74, 6) is 0.461. The fourth-order valence-corrected chi connectivity index (χ4v) is 4.75. The zero-order valence-electron chi connectivity index (χ0n) is 17.2. The molecule has 11 heteroatoms. The van der Waals surface area contributed by atoms with E-state index in [0.29, 0.717) is 23.8 Å². The van der Waals surface area contributed by atoms with Crippen molar-refractivity contribution in [1.82, 2.24) is 19.9 Å². The van der Waals surface area contributed by atoms with E-state index in [2.05, 4.69) is 19.9 Å². The Morgan fingerprint density at radius 1 is 1.00 bits per heavy atom. The minimum atomic E-state index is -4.50. The number of carbonyl (C=O) groups is 1. The first-order valence-electron chi connectivity index (χ1n) is 10.5. The number of hydrogen-bond acceptors (Lipinski definition) is 5. The summed E-state index contributed by atoms with van der Waals surface area (Å²) >= 11 is 11.9. The summed E-state index contributed by atoms with van der Waals surface area (Å²) in [6, 6.07) is 1.00. The number of anilines is 1. The summed E-state index contributed by atoms with van der Waals surface area (Å²) in [6.45, 7) is 2.19. The number of amides is 1. The Bertz CT molecular complexity index is 965. The van der Waals surface area contributed by atoms with Crippen LogP contribution in [-0.4, -0.2) is 51.4 Å². The lowest BCUT2D eigenvalue weighted by Crippen LogP contribution is -2.52. The monoisotopic (exact) mass is 487 g/mol. The highest BCUT2D eigenvalue weighted by Crippen LogP contribution is 2.33. The van der Waals surface area contributed by atoms with Crippen LogP contribution in [0.3, 0.4) is 0 Å². The Morgan fingerprint density at radius 2 is 1.75 bits per heavy atom. The van der Waals surface area contributed by atoms with E-state index in [1.54, 1.807) is 6.20 Å². The summed E-state index contributed by atoms with van der Waals surface area (Å²) in [5, 5.41) is 0.290. The molecule has 4 heterocycles. The van der Waals surface area contributed by atoms with E-state index in [9.17, 15) is 18.0 Å². The molecule has 172 valence electrons. The fraction of sp³-hybridized carbons (Fsp3) is 0.524. The minimum absolute atomic E-state index is 0.0266. The number of nitrogens with zero attached hydrogens (tertiary/aromatic N) is 5. The number of carbonyl (C=O) groups excluding carboxylic acids is 1. The van der Waals surface area contributed by atoms with Crippen molar-refractivity contribution >= 4 is 34.9 Å². The van der Waals surface area contributed by atoms with Gasteiger partial charge >= 0.3 is 6.18 Å². The second-order valence-corrected chi connectivity index (χ2v) is 8.94. The molecule has 2 aromatic rings. The molecule has 0 radical (unpaired) electrons. The molecule has 0 aromatic carbocycles. The molecule has 0 N–H and O–H groups in total. The lowest BCUT2D eigenvalue weighted by atomic mass is 9.89. The molecule has 2 aromatic heterocycles. The molecule has 0 saturated carbocycles. The van der Waals surface area contributed by atoms with Gasteiger partial charge in [0.05, 0.1) is 28.7 Å². The van der Waals surface area contributed by atoms with Crippen molar-refractivity contribution in [2.75, 3.05) is 24.5 Å². The van der Waals surface area contributed by atoms with Crippen molar-refractivity contribution in [2.24, 2.45) is 5.92 Å². The molecule has 32 heavy (non-hydrogen) atoms. The lowest BCUT2D eigenvalue weighted by molar-refractivity contribution is -0.141. The summed E-state index contributed by atoms with van der Waals surface area (Å²) in [7, 11) is 0. The van der Waals surface area contributed by atoms with E-state index in [0.717, 1.165) is 50.4 Å². The third-order valence-electron chi connectivity index (χ3n) is 6.10. The topological polar surface area (TPSA) is 62.2 Å². The number of piperidine rings is 2. The van der Waals surface area contributed by atoms with Gasteiger partial charge in [0, 0.05) is 44.2 Å².